The predicted octanol–water partition coefficient (Wildman–Crippen LogP) is 2.25. The fourth-order valence-electron chi connectivity index (χ4n) is 1.42. The van der Waals surface area contributed by atoms with Gasteiger partial charge in [-0.1, -0.05) is 27.3 Å². The molecule has 112 valence electrons. The monoisotopic (exact) mass is 395 g/mol. The lowest BCUT2D eigenvalue weighted by atomic mass is 10.2. The minimum atomic E-state index is -4.32. The van der Waals surface area contributed by atoms with Crippen LogP contribution in [0.5, 0.6) is 0 Å². The highest BCUT2D eigenvalue weighted by atomic mass is 79.9. The summed E-state index contributed by atoms with van der Waals surface area (Å²) < 4.78 is 40.5. The van der Waals surface area contributed by atoms with Gasteiger partial charge in [-0.05, 0) is 19.1 Å². The average Bonchev–Trinajstić information content (AvgIpc) is 2.76. The van der Waals surface area contributed by atoms with Crippen molar-refractivity contribution in [2.45, 2.75) is 11.8 Å². The molecular formula is C10H7BrFN3O4S2. The third kappa shape index (κ3) is 3.36. The van der Waals surface area contributed by atoms with Gasteiger partial charge in [0.2, 0.25) is 5.13 Å². The Bertz CT molecular complexity index is 822. The normalized spacial score (nSPS) is 11.4. The largest absolute Gasteiger partial charge is 0.478 e. The van der Waals surface area contributed by atoms with Crippen molar-refractivity contribution in [2.24, 2.45) is 0 Å². The summed E-state index contributed by atoms with van der Waals surface area (Å²) in [6.45, 7) is 1.62. The van der Waals surface area contributed by atoms with E-state index in [2.05, 4.69) is 30.8 Å². The number of aryl methyl sites for hydroxylation is 1. The van der Waals surface area contributed by atoms with E-state index in [1.807, 2.05) is 0 Å². The zero-order valence-corrected chi connectivity index (χ0v) is 13.5. The molecule has 0 aliphatic carbocycles. The summed E-state index contributed by atoms with van der Waals surface area (Å²) >= 11 is 3.92. The van der Waals surface area contributed by atoms with Crippen molar-refractivity contribution in [1.82, 2.24) is 10.2 Å². The first-order valence-corrected chi connectivity index (χ1v) is 8.35. The van der Waals surface area contributed by atoms with Crippen molar-refractivity contribution in [2.75, 3.05) is 4.72 Å². The van der Waals surface area contributed by atoms with Crippen LogP contribution in [-0.2, 0) is 10.0 Å². The van der Waals surface area contributed by atoms with Crippen molar-refractivity contribution >= 4 is 48.4 Å². The molecule has 0 saturated carbocycles. The predicted molar refractivity (Wildman–Crippen MR) is 76.5 cm³/mol. The van der Waals surface area contributed by atoms with Gasteiger partial charge in [-0.3, -0.25) is 4.72 Å². The van der Waals surface area contributed by atoms with E-state index in [9.17, 15) is 17.6 Å². The molecular weight excluding hydrogens is 389 g/mol. The van der Waals surface area contributed by atoms with Crippen LogP contribution >= 0.6 is 27.3 Å². The minimum Gasteiger partial charge on any atom is -0.478 e. The van der Waals surface area contributed by atoms with Crippen LogP contribution in [0.2, 0.25) is 0 Å². The molecule has 0 unspecified atom stereocenters. The molecule has 0 atom stereocenters. The third-order valence-electron chi connectivity index (χ3n) is 2.27. The van der Waals surface area contributed by atoms with E-state index in [-0.39, 0.29) is 9.60 Å². The number of aromatic carboxylic acids is 1. The SMILES string of the molecule is Cc1nnc(NS(=O)(=O)c2cc(Br)cc(C(=O)O)c2F)s1. The standard InChI is InChI=1S/C10H7BrFN3O4S2/c1-4-13-14-10(20-4)15-21(18,19)7-3-5(11)2-6(8(7)12)9(16)17/h2-3H,1H3,(H,14,15)(H,16,17). The molecule has 2 N–H and O–H groups in total. The van der Waals surface area contributed by atoms with Gasteiger partial charge in [0.15, 0.2) is 5.82 Å². The maximum atomic E-state index is 14.1. The van der Waals surface area contributed by atoms with Gasteiger partial charge in [0.1, 0.15) is 9.90 Å². The zero-order chi connectivity index (χ0) is 15.8. The maximum absolute atomic E-state index is 14.1. The summed E-state index contributed by atoms with van der Waals surface area (Å²) in [5.74, 6) is -2.92. The molecule has 21 heavy (non-hydrogen) atoms. The van der Waals surface area contributed by atoms with Gasteiger partial charge in [-0.25, -0.2) is 17.6 Å². The number of hydrogen-bond donors (Lipinski definition) is 2. The average molecular weight is 396 g/mol. The van der Waals surface area contributed by atoms with E-state index in [1.54, 1.807) is 6.92 Å². The molecule has 0 radical (unpaired) electrons. The van der Waals surface area contributed by atoms with Crippen molar-refractivity contribution in [3.05, 3.63) is 33.0 Å². The third-order valence-corrected chi connectivity index (χ3v) is 4.95. The van der Waals surface area contributed by atoms with Crippen LogP contribution < -0.4 is 4.72 Å². The number of nitrogens with one attached hydrogen (secondary N) is 1. The lowest BCUT2D eigenvalue weighted by Gasteiger charge is -2.08. The van der Waals surface area contributed by atoms with E-state index >= 15 is 0 Å². The number of sulfonamides is 1. The fraction of sp³-hybridized carbons (Fsp3) is 0.100. The first-order chi connectivity index (χ1) is 9.70. The Morgan fingerprint density at radius 3 is 2.62 bits per heavy atom. The lowest BCUT2D eigenvalue weighted by molar-refractivity contribution is 0.0691. The quantitative estimate of drug-likeness (QED) is 0.821. The number of anilines is 1. The number of hydrogen-bond acceptors (Lipinski definition) is 6. The first-order valence-electron chi connectivity index (χ1n) is 5.26. The van der Waals surface area contributed by atoms with Crippen LogP contribution in [0.1, 0.15) is 15.4 Å². The van der Waals surface area contributed by atoms with Gasteiger partial charge in [-0.15, -0.1) is 10.2 Å². The van der Waals surface area contributed by atoms with Crippen LogP contribution in [0.15, 0.2) is 21.5 Å². The summed E-state index contributed by atoms with van der Waals surface area (Å²) in [5, 5.41) is 16.5. The van der Waals surface area contributed by atoms with Gasteiger partial charge >= 0.3 is 5.97 Å². The molecule has 0 saturated heterocycles. The molecule has 0 aliphatic rings. The van der Waals surface area contributed by atoms with E-state index in [0.717, 1.165) is 23.5 Å². The lowest BCUT2D eigenvalue weighted by Crippen LogP contribution is -2.16. The number of aromatic nitrogens is 2. The van der Waals surface area contributed by atoms with Gasteiger partial charge in [0.25, 0.3) is 10.0 Å². The highest BCUT2D eigenvalue weighted by Gasteiger charge is 2.26. The Balaban J connectivity index is 2.52. The van der Waals surface area contributed by atoms with Crippen molar-refractivity contribution in [1.29, 1.82) is 0 Å². The summed E-state index contributed by atoms with van der Waals surface area (Å²) in [6.07, 6.45) is 0. The second-order valence-corrected chi connectivity index (χ2v) is 7.55. The number of carbonyl (C=O) groups is 1. The molecule has 0 aliphatic heterocycles. The molecule has 1 aromatic carbocycles. The second kappa shape index (κ2) is 5.66. The topological polar surface area (TPSA) is 109 Å². The molecule has 11 heteroatoms. The Labute approximate surface area is 131 Å². The molecule has 0 bridgehead atoms. The van der Waals surface area contributed by atoms with E-state index in [0.29, 0.717) is 5.01 Å². The summed E-state index contributed by atoms with van der Waals surface area (Å²) in [6, 6.07) is 1.95. The molecule has 0 fully saturated rings. The summed E-state index contributed by atoms with van der Waals surface area (Å²) in [5.41, 5.74) is -0.752. The molecule has 7 nitrogen and oxygen atoms in total. The number of carboxylic acids is 1. The summed E-state index contributed by atoms with van der Waals surface area (Å²) in [4.78, 5) is 10.1. The molecule has 1 aromatic heterocycles. The molecule has 2 rings (SSSR count). The smallest absolute Gasteiger partial charge is 0.338 e. The number of nitrogens with zero attached hydrogens (tertiary/aromatic N) is 2. The second-order valence-electron chi connectivity index (χ2n) is 3.80. The van der Waals surface area contributed by atoms with Crippen molar-refractivity contribution in [3.63, 3.8) is 0 Å². The van der Waals surface area contributed by atoms with E-state index < -0.39 is 32.3 Å². The highest BCUT2D eigenvalue weighted by molar-refractivity contribution is 9.10. The zero-order valence-electron chi connectivity index (χ0n) is 10.3. The van der Waals surface area contributed by atoms with Crippen LogP contribution in [0.4, 0.5) is 9.52 Å². The molecule has 1 heterocycles. The van der Waals surface area contributed by atoms with Crippen molar-refractivity contribution in [3.8, 4) is 0 Å². The first kappa shape index (κ1) is 15.8. The molecule has 2 aromatic rings. The Morgan fingerprint density at radius 1 is 1.43 bits per heavy atom. The summed E-state index contributed by atoms with van der Waals surface area (Å²) in [7, 11) is -4.32. The van der Waals surface area contributed by atoms with Gasteiger partial charge in [-0.2, -0.15) is 0 Å². The minimum absolute atomic E-state index is 0.0382. The van der Waals surface area contributed by atoms with Crippen molar-refractivity contribution < 1.29 is 22.7 Å². The fourth-order valence-corrected chi connectivity index (χ4v) is 3.98. The Kier molecular flexibility index (Phi) is 4.25. The molecule has 0 spiro atoms. The van der Waals surface area contributed by atoms with E-state index in [1.165, 1.54) is 0 Å². The van der Waals surface area contributed by atoms with Crippen LogP contribution in [0, 0.1) is 12.7 Å². The number of carboxylic acid groups (broad SMARTS) is 1. The number of halogens is 2. The highest BCUT2D eigenvalue weighted by Crippen LogP contribution is 2.26. The number of rotatable bonds is 4. The van der Waals surface area contributed by atoms with Crippen LogP contribution in [0.3, 0.4) is 0 Å². The van der Waals surface area contributed by atoms with Gasteiger partial charge < -0.3 is 5.11 Å². The Morgan fingerprint density at radius 2 is 2.10 bits per heavy atom. The maximum Gasteiger partial charge on any atom is 0.338 e. The van der Waals surface area contributed by atoms with Crippen LogP contribution in [-0.4, -0.2) is 29.7 Å². The van der Waals surface area contributed by atoms with E-state index in [4.69, 9.17) is 5.11 Å². The van der Waals surface area contributed by atoms with Gasteiger partial charge in [0.05, 0.1) is 5.56 Å². The van der Waals surface area contributed by atoms with Crippen LogP contribution in [0.25, 0.3) is 0 Å². The number of benzene rings is 1. The Hall–Kier alpha value is -1.59. The van der Waals surface area contributed by atoms with Gasteiger partial charge in [0, 0.05) is 4.47 Å². The molecule has 0 amide bonds.